The predicted octanol–water partition coefficient (Wildman–Crippen LogP) is 2.54. The number of guanidine groups is 1. The fraction of sp³-hybridized carbons (Fsp3) is 0.368. The monoisotopic (exact) mass is 326 g/mol. The van der Waals surface area contributed by atoms with Crippen molar-refractivity contribution in [1.82, 2.24) is 15.5 Å². The molecule has 2 aromatic rings. The SMILES string of the molecule is CCNC(=NCC(=O)N(C)C)NC(C)c1ccc2ccccc2c1. The fourth-order valence-corrected chi connectivity index (χ4v) is 2.37. The molecule has 0 radical (unpaired) electrons. The summed E-state index contributed by atoms with van der Waals surface area (Å²) in [5.74, 6) is 0.624. The molecule has 2 rings (SSSR count). The van der Waals surface area contributed by atoms with E-state index < -0.39 is 0 Å². The Balaban J connectivity index is 2.12. The second-order valence-electron chi connectivity index (χ2n) is 5.96. The van der Waals surface area contributed by atoms with Crippen LogP contribution in [0.15, 0.2) is 47.5 Å². The maximum Gasteiger partial charge on any atom is 0.243 e. The zero-order valence-electron chi connectivity index (χ0n) is 14.8. The fourth-order valence-electron chi connectivity index (χ4n) is 2.37. The third kappa shape index (κ3) is 4.72. The molecule has 24 heavy (non-hydrogen) atoms. The van der Waals surface area contributed by atoms with Crippen molar-refractivity contribution < 1.29 is 4.79 Å². The summed E-state index contributed by atoms with van der Waals surface area (Å²) >= 11 is 0. The quantitative estimate of drug-likeness (QED) is 0.656. The van der Waals surface area contributed by atoms with E-state index in [-0.39, 0.29) is 18.5 Å². The van der Waals surface area contributed by atoms with Crippen molar-refractivity contribution >= 4 is 22.6 Å². The normalized spacial score (nSPS) is 12.8. The molecule has 1 amide bonds. The third-order valence-corrected chi connectivity index (χ3v) is 3.84. The highest BCUT2D eigenvalue weighted by molar-refractivity contribution is 5.86. The van der Waals surface area contributed by atoms with Gasteiger partial charge in [-0.15, -0.1) is 0 Å². The molecular formula is C19H26N4O. The second kappa shape index (κ2) is 8.34. The number of aliphatic imine (C=N–C) groups is 1. The lowest BCUT2D eigenvalue weighted by Gasteiger charge is -2.19. The molecule has 0 bridgehead atoms. The van der Waals surface area contributed by atoms with Gasteiger partial charge in [-0.1, -0.05) is 36.4 Å². The topological polar surface area (TPSA) is 56.7 Å². The van der Waals surface area contributed by atoms with Gasteiger partial charge in [0.1, 0.15) is 6.54 Å². The molecule has 0 fully saturated rings. The van der Waals surface area contributed by atoms with Crippen molar-refractivity contribution in [2.75, 3.05) is 27.2 Å². The molecule has 2 aromatic carbocycles. The summed E-state index contributed by atoms with van der Waals surface area (Å²) in [4.78, 5) is 17.6. The van der Waals surface area contributed by atoms with Crippen molar-refractivity contribution in [3.63, 3.8) is 0 Å². The summed E-state index contributed by atoms with van der Waals surface area (Å²) in [5.41, 5.74) is 1.18. The number of hydrogen-bond donors (Lipinski definition) is 2. The summed E-state index contributed by atoms with van der Waals surface area (Å²) < 4.78 is 0. The number of likely N-dealkylation sites (N-methyl/N-ethyl adjacent to an activating group) is 1. The van der Waals surface area contributed by atoms with Gasteiger partial charge in [0.25, 0.3) is 0 Å². The largest absolute Gasteiger partial charge is 0.357 e. The van der Waals surface area contributed by atoms with Crippen molar-refractivity contribution in [2.45, 2.75) is 19.9 Å². The number of carbonyl (C=O) groups is 1. The summed E-state index contributed by atoms with van der Waals surface area (Å²) in [6.07, 6.45) is 0. The molecule has 0 saturated carbocycles. The predicted molar refractivity (Wildman–Crippen MR) is 100 cm³/mol. The Morgan fingerprint density at radius 3 is 2.54 bits per heavy atom. The Kier molecular flexibility index (Phi) is 6.18. The first kappa shape index (κ1) is 17.8. The molecule has 0 saturated heterocycles. The van der Waals surface area contributed by atoms with Gasteiger partial charge in [-0.3, -0.25) is 4.79 Å². The van der Waals surface area contributed by atoms with Crippen molar-refractivity contribution in [2.24, 2.45) is 4.99 Å². The molecule has 1 atom stereocenters. The van der Waals surface area contributed by atoms with E-state index >= 15 is 0 Å². The van der Waals surface area contributed by atoms with Gasteiger partial charge in [-0.25, -0.2) is 4.99 Å². The molecule has 1 unspecified atom stereocenters. The molecule has 0 heterocycles. The van der Waals surface area contributed by atoms with E-state index in [0.717, 1.165) is 6.54 Å². The molecule has 5 nitrogen and oxygen atoms in total. The Hall–Kier alpha value is -2.56. The minimum atomic E-state index is -0.0226. The van der Waals surface area contributed by atoms with Crippen LogP contribution in [0.4, 0.5) is 0 Å². The highest BCUT2D eigenvalue weighted by Crippen LogP contribution is 2.20. The third-order valence-electron chi connectivity index (χ3n) is 3.84. The van der Waals surface area contributed by atoms with Crippen LogP contribution in [-0.2, 0) is 4.79 Å². The van der Waals surface area contributed by atoms with E-state index in [1.165, 1.54) is 16.3 Å². The van der Waals surface area contributed by atoms with Crippen LogP contribution in [0, 0.1) is 0 Å². The van der Waals surface area contributed by atoms with Crippen LogP contribution in [0.1, 0.15) is 25.5 Å². The van der Waals surface area contributed by atoms with Crippen LogP contribution in [0.5, 0.6) is 0 Å². The van der Waals surface area contributed by atoms with Gasteiger partial charge in [0.15, 0.2) is 5.96 Å². The minimum Gasteiger partial charge on any atom is -0.357 e. The molecule has 0 aliphatic rings. The summed E-state index contributed by atoms with van der Waals surface area (Å²) in [5, 5.41) is 8.99. The number of fused-ring (bicyclic) bond motifs is 1. The number of amides is 1. The van der Waals surface area contributed by atoms with Gasteiger partial charge in [-0.2, -0.15) is 0 Å². The molecular weight excluding hydrogens is 300 g/mol. The van der Waals surface area contributed by atoms with Crippen LogP contribution < -0.4 is 10.6 Å². The number of hydrogen-bond acceptors (Lipinski definition) is 2. The number of nitrogens with zero attached hydrogens (tertiary/aromatic N) is 2. The van der Waals surface area contributed by atoms with E-state index in [2.05, 4.69) is 52.9 Å². The van der Waals surface area contributed by atoms with E-state index in [1.807, 2.05) is 19.1 Å². The van der Waals surface area contributed by atoms with Gasteiger partial charge in [0.05, 0.1) is 6.04 Å². The summed E-state index contributed by atoms with van der Waals surface area (Å²) in [6, 6.07) is 14.8. The van der Waals surface area contributed by atoms with E-state index in [1.54, 1.807) is 19.0 Å². The van der Waals surface area contributed by atoms with Crippen LogP contribution in [0.25, 0.3) is 10.8 Å². The molecule has 0 aromatic heterocycles. The van der Waals surface area contributed by atoms with Crippen molar-refractivity contribution in [3.05, 3.63) is 48.0 Å². The molecule has 128 valence electrons. The van der Waals surface area contributed by atoms with Crippen LogP contribution in [0.3, 0.4) is 0 Å². The molecule has 5 heteroatoms. The minimum absolute atomic E-state index is 0.0226. The number of rotatable bonds is 5. The zero-order chi connectivity index (χ0) is 17.5. The summed E-state index contributed by atoms with van der Waals surface area (Å²) in [6.45, 7) is 4.97. The first-order valence-corrected chi connectivity index (χ1v) is 8.25. The van der Waals surface area contributed by atoms with Crippen molar-refractivity contribution in [1.29, 1.82) is 0 Å². The average Bonchev–Trinajstić information content (AvgIpc) is 2.58. The van der Waals surface area contributed by atoms with E-state index in [9.17, 15) is 4.79 Å². The standard InChI is InChI=1S/C19H26N4O/c1-5-20-19(21-13-18(24)23(3)4)22-14(2)16-11-10-15-8-6-7-9-17(15)12-16/h6-12,14H,5,13H2,1-4H3,(H2,20,21,22). The van der Waals surface area contributed by atoms with Gasteiger partial charge in [-0.05, 0) is 36.2 Å². The molecule has 0 aliphatic carbocycles. The van der Waals surface area contributed by atoms with Gasteiger partial charge >= 0.3 is 0 Å². The Morgan fingerprint density at radius 2 is 1.88 bits per heavy atom. The lowest BCUT2D eigenvalue weighted by Crippen LogP contribution is -2.39. The smallest absolute Gasteiger partial charge is 0.243 e. The van der Waals surface area contributed by atoms with E-state index in [0.29, 0.717) is 5.96 Å². The highest BCUT2D eigenvalue weighted by Gasteiger charge is 2.09. The number of carbonyl (C=O) groups excluding carboxylic acids is 1. The number of nitrogens with one attached hydrogen (secondary N) is 2. The highest BCUT2D eigenvalue weighted by atomic mass is 16.2. The second-order valence-corrected chi connectivity index (χ2v) is 5.96. The maximum atomic E-state index is 11.7. The lowest BCUT2D eigenvalue weighted by molar-refractivity contribution is -0.127. The first-order chi connectivity index (χ1) is 11.5. The molecule has 2 N–H and O–H groups in total. The Labute approximate surface area is 143 Å². The first-order valence-electron chi connectivity index (χ1n) is 8.25. The zero-order valence-corrected chi connectivity index (χ0v) is 14.8. The van der Waals surface area contributed by atoms with Crippen LogP contribution in [-0.4, -0.2) is 44.0 Å². The Bertz CT molecular complexity index is 724. The van der Waals surface area contributed by atoms with Crippen LogP contribution in [0.2, 0.25) is 0 Å². The molecule has 0 aliphatic heterocycles. The average molecular weight is 326 g/mol. The Morgan fingerprint density at radius 1 is 1.17 bits per heavy atom. The van der Waals surface area contributed by atoms with Crippen molar-refractivity contribution in [3.8, 4) is 0 Å². The number of benzene rings is 2. The van der Waals surface area contributed by atoms with Gasteiger partial charge in [0.2, 0.25) is 5.91 Å². The van der Waals surface area contributed by atoms with E-state index in [4.69, 9.17) is 0 Å². The molecule has 0 spiro atoms. The summed E-state index contributed by atoms with van der Waals surface area (Å²) in [7, 11) is 3.46. The van der Waals surface area contributed by atoms with Gasteiger partial charge < -0.3 is 15.5 Å². The van der Waals surface area contributed by atoms with Gasteiger partial charge in [0, 0.05) is 20.6 Å². The lowest BCUT2D eigenvalue weighted by atomic mass is 10.0. The van der Waals surface area contributed by atoms with Crippen LogP contribution >= 0.6 is 0 Å². The maximum absolute atomic E-state index is 11.7.